The summed E-state index contributed by atoms with van der Waals surface area (Å²) < 4.78 is 11.9. The van der Waals surface area contributed by atoms with Crippen molar-refractivity contribution in [2.45, 2.75) is 25.9 Å². The summed E-state index contributed by atoms with van der Waals surface area (Å²) in [5.74, 6) is 0.698. The van der Waals surface area contributed by atoms with Gasteiger partial charge in [0, 0.05) is 18.0 Å². The predicted octanol–water partition coefficient (Wildman–Crippen LogP) is 3.28. The molecule has 3 nitrogen and oxygen atoms in total. The van der Waals surface area contributed by atoms with E-state index in [1.54, 1.807) is 7.11 Å². The highest BCUT2D eigenvalue weighted by molar-refractivity contribution is 9.10. The second-order valence-corrected chi connectivity index (χ2v) is 5.83. The zero-order chi connectivity index (χ0) is 13.8. The van der Waals surface area contributed by atoms with E-state index in [1.807, 2.05) is 32.0 Å². The average Bonchev–Trinajstić information content (AvgIpc) is 2.28. The molecule has 0 fully saturated rings. The molecule has 0 saturated heterocycles. The highest BCUT2D eigenvalue weighted by Crippen LogP contribution is 2.27. The first kappa shape index (κ1) is 15.4. The molecule has 0 aliphatic heterocycles. The summed E-state index contributed by atoms with van der Waals surface area (Å²) in [6.45, 7) is 4.59. The second kappa shape index (κ2) is 6.50. The summed E-state index contributed by atoms with van der Waals surface area (Å²) in [6, 6.07) is 5.64. The van der Waals surface area contributed by atoms with Crippen LogP contribution in [-0.2, 0) is 4.74 Å². The van der Waals surface area contributed by atoms with E-state index in [0.29, 0.717) is 17.3 Å². The molecular weight excluding hydrogens is 314 g/mol. The second-order valence-electron chi connectivity index (χ2n) is 4.54. The van der Waals surface area contributed by atoms with Crippen molar-refractivity contribution in [3.63, 3.8) is 0 Å². The number of halogens is 1. The van der Waals surface area contributed by atoms with Gasteiger partial charge in [0.15, 0.2) is 0 Å². The Labute approximate surface area is 122 Å². The van der Waals surface area contributed by atoms with Crippen LogP contribution in [0.25, 0.3) is 0 Å². The van der Waals surface area contributed by atoms with Gasteiger partial charge < -0.3 is 15.2 Å². The minimum Gasteiger partial charge on any atom is -0.493 e. The number of ether oxygens (including phenoxy) is 2. The zero-order valence-corrected chi connectivity index (χ0v) is 13.2. The molecular formula is C13H18BrNO2S. The van der Waals surface area contributed by atoms with Gasteiger partial charge in [0.25, 0.3) is 0 Å². The number of thiocarbonyl (C=S) groups is 1. The maximum atomic E-state index is 5.74. The minimum atomic E-state index is -0.199. The Kier molecular flexibility index (Phi) is 5.56. The third-order valence-electron chi connectivity index (χ3n) is 2.74. The minimum absolute atomic E-state index is 0.199. The van der Waals surface area contributed by atoms with Crippen molar-refractivity contribution < 1.29 is 9.47 Å². The van der Waals surface area contributed by atoms with Gasteiger partial charge in [-0.15, -0.1) is 0 Å². The van der Waals surface area contributed by atoms with Crippen molar-refractivity contribution >= 4 is 33.1 Å². The Morgan fingerprint density at radius 1 is 1.44 bits per heavy atom. The number of hydrogen-bond donors (Lipinski definition) is 1. The Hall–Kier alpha value is -0.650. The standard InChI is InChI=1S/C13H18BrNO2S/c1-13(2,16-3)7-8-17-10-6-4-5-9(14)11(10)12(15)18/h4-6H,7-8H2,1-3H3,(H2,15,18). The average molecular weight is 332 g/mol. The molecule has 5 heteroatoms. The van der Waals surface area contributed by atoms with Gasteiger partial charge in [0.05, 0.1) is 17.8 Å². The Balaban J connectivity index is 2.74. The van der Waals surface area contributed by atoms with Gasteiger partial charge in [0.2, 0.25) is 0 Å². The lowest BCUT2D eigenvalue weighted by atomic mass is 10.1. The van der Waals surface area contributed by atoms with Crippen LogP contribution in [0.4, 0.5) is 0 Å². The molecule has 0 aromatic heterocycles. The van der Waals surface area contributed by atoms with Gasteiger partial charge in [-0.2, -0.15) is 0 Å². The Bertz CT molecular complexity index is 435. The number of methoxy groups -OCH3 is 1. The third-order valence-corrected chi connectivity index (χ3v) is 3.60. The lowest BCUT2D eigenvalue weighted by Crippen LogP contribution is -2.25. The van der Waals surface area contributed by atoms with Crippen molar-refractivity contribution in [3.8, 4) is 5.75 Å². The molecule has 1 aromatic carbocycles. The van der Waals surface area contributed by atoms with E-state index in [9.17, 15) is 0 Å². The van der Waals surface area contributed by atoms with Crippen molar-refractivity contribution in [3.05, 3.63) is 28.2 Å². The topological polar surface area (TPSA) is 44.5 Å². The molecule has 18 heavy (non-hydrogen) atoms. The summed E-state index contributed by atoms with van der Waals surface area (Å²) in [5.41, 5.74) is 6.24. The van der Waals surface area contributed by atoms with Gasteiger partial charge in [-0.25, -0.2) is 0 Å². The van der Waals surface area contributed by atoms with Crippen LogP contribution in [-0.4, -0.2) is 24.3 Å². The van der Waals surface area contributed by atoms with Crippen molar-refractivity contribution in [2.24, 2.45) is 5.73 Å². The fourth-order valence-corrected chi connectivity index (χ4v) is 2.28. The summed E-state index contributed by atoms with van der Waals surface area (Å²) in [5, 5.41) is 0. The smallest absolute Gasteiger partial charge is 0.130 e. The van der Waals surface area contributed by atoms with Crippen molar-refractivity contribution in [2.75, 3.05) is 13.7 Å². The molecule has 0 atom stereocenters. The van der Waals surface area contributed by atoms with Crippen LogP contribution < -0.4 is 10.5 Å². The number of benzene rings is 1. The third kappa shape index (κ3) is 4.23. The highest BCUT2D eigenvalue weighted by Gasteiger charge is 2.17. The fraction of sp³-hybridized carbons (Fsp3) is 0.462. The van der Waals surface area contributed by atoms with E-state index in [2.05, 4.69) is 15.9 Å². The summed E-state index contributed by atoms with van der Waals surface area (Å²) >= 11 is 8.45. The Morgan fingerprint density at radius 2 is 2.11 bits per heavy atom. The van der Waals surface area contributed by atoms with Crippen molar-refractivity contribution in [1.29, 1.82) is 0 Å². The molecule has 0 heterocycles. The largest absolute Gasteiger partial charge is 0.493 e. The van der Waals surface area contributed by atoms with Gasteiger partial charge in [0.1, 0.15) is 10.7 Å². The fourth-order valence-electron chi connectivity index (χ4n) is 1.37. The van der Waals surface area contributed by atoms with E-state index in [0.717, 1.165) is 16.5 Å². The number of rotatable bonds is 6. The van der Waals surface area contributed by atoms with Crippen LogP contribution in [0.15, 0.2) is 22.7 Å². The SMILES string of the molecule is COC(C)(C)CCOc1cccc(Br)c1C(N)=S. The normalized spacial score (nSPS) is 11.3. The van der Waals surface area contributed by atoms with Gasteiger partial charge in [-0.05, 0) is 41.9 Å². The predicted molar refractivity (Wildman–Crippen MR) is 81.2 cm³/mol. The van der Waals surface area contributed by atoms with Crippen LogP contribution in [0, 0.1) is 0 Å². The summed E-state index contributed by atoms with van der Waals surface area (Å²) in [4.78, 5) is 0.323. The molecule has 1 rings (SSSR count). The highest BCUT2D eigenvalue weighted by atomic mass is 79.9. The first-order chi connectivity index (χ1) is 8.37. The molecule has 0 aliphatic rings. The first-order valence-corrected chi connectivity index (χ1v) is 6.84. The van der Waals surface area contributed by atoms with Crippen LogP contribution in [0.5, 0.6) is 5.75 Å². The van der Waals surface area contributed by atoms with E-state index in [-0.39, 0.29) is 5.60 Å². The van der Waals surface area contributed by atoms with Crippen LogP contribution in [0.1, 0.15) is 25.8 Å². The summed E-state index contributed by atoms with van der Waals surface area (Å²) in [7, 11) is 1.69. The lowest BCUT2D eigenvalue weighted by molar-refractivity contribution is 0.00544. The van der Waals surface area contributed by atoms with E-state index >= 15 is 0 Å². The van der Waals surface area contributed by atoms with E-state index in [4.69, 9.17) is 27.4 Å². The van der Waals surface area contributed by atoms with Crippen LogP contribution in [0.3, 0.4) is 0 Å². The molecule has 0 spiro atoms. The zero-order valence-electron chi connectivity index (χ0n) is 10.8. The van der Waals surface area contributed by atoms with Crippen LogP contribution in [0.2, 0.25) is 0 Å². The quantitative estimate of drug-likeness (QED) is 0.812. The van der Waals surface area contributed by atoms with Gasteiger partial charge in [-0.3, -0.25) is 0 Å². The monoisotopic (exact) mass is 331 g/mol. The molecule has 1 aromatic rings. The maximum absolute atomic E-state index is 5.74. The molecule has 0 saturated carbocycles. The summed E-state index contributed by atoms with van der Waals surface area (Å²) in [6.07, 6.45) is 0.785. The molecule has 100 valence electrons. The van der Waals surface area contributed by atoms with Crippen LogP contribution >= 0.6 is 28.1 Å². The number of nitrogens with two attached hydrogens (primary N) is 1. The molecule has 2 N–H and O–H groups in total. The first-order valence-electron chi connectivity index (χ1n) is 5.63. The van der Waals surface area contributed by atoms with E-state index < -0.39 is 0 Å². The van der Waals surface area contributed by atoms with Gasteiger partial charge in [-0.1, -0.05) is 18.3 Å². The number of hydrogen-bond acceptors (Lipinski definition) is 3. The maximum Gasteiger partial charge on any atom is 0.130 e. The molecule has 0 amide bonds. The molecule has 0 radical (unpaired) electrons. The molecule has 0 unspecified atom stereocenters. The van der Waals surface area contributed by atoms with Crippen molar-refractivity contribution in [1.82, 2.24) is 0 Å². The van der Waals surface area contributed by atoms with Gasteiger partial charge >= 0.3 is 0 Å². The lowest BCUT2D eigenvalue weighted by Gasteiger charge is -2.23. The molecule has 0 bridgehead atoms. The molecule has 0 aliphatic carbocycles. The van der Waals surface area contributed by atoms with E-state index in [1.165, 1.54) is 0 Å². The Morgan fingerprint density at radius 3 is 2.67 bits per heavy atom.